The Labute approximate surface area is 211 Å². The van der Waals surface area contributed by atoms with Crippen LogP contribution in [-0.4, -0.2) is 58.9 Å². The predicted octanol–water partition coefficient (Wildman–Crippen LogP) is 4.32. The number of esters is 1. The van der Waals surface area contributed by atoms with E-state index in [1.54, 1.807) is 38.8 Å². The minimum Gasteiger partial charge on any atom is -0.459 e. The van der Waals surface area contributed by atoms with Crippen LogP contribution in [0.2, 0.25) is 0 Å². The van der Waals surface area contributed by atoms with Crippen molar-refractivity contribution < 1.29 is 24.0 Å². The van der Waals surface area contributed by atoms with Crippen LogP contribution in [0.3, 0.4) is 0 Å². The van der Waals surface area contributed by atoms with Crippen LogP contribution in [0.5, 0.6) is 0 Å². The Bertz CT molecular complexity index is 1030. The lowest BCUT2D eigenvalue weighted by atomic mass is 9.93. The normalized spacial score (nSPS) is 18.4. The zero-order chi connectivity index (χ0) is 26.4. The van der Waals surface area contributed by atoms with Gasteiger partial charge in [0.1, 0.15) is 0 Å². The first-order valence-corrected chi connectivity index (χ1v) is 12.6. The van der Waals surface area contributed by atoms with E-state index in [0.29, 0.717) is 36.6 Å². The molecule has 1 N–H and O–H groups in total. The molecule has 3 amide bonds. The summed E-state index contributed by atoms with van der Waals surface area (Å²) in [5.74, 6) is -0.0428. The van der Waals surface area contributed by atoms with Crippen LogP contribution < -0.4 is 5.32 Å². The molecule has 3 rings (SSSR count). The highest BCUT2D eigenvalue weighted by atomic mass is 16.6. The summed E-state index contributed by atoms with van der Waals surface area (Å²) in [5, 5.41) is 14.1. The molecule has 196 valence electrons. The van der Waals surface area contributed by atoms with Gasteiger partial charge in [0.2, 0.25) is 5.91 Å². The molecule has 36 heavy (non-hydrogen) atoms. The molecule has 1 aliphatic heterocycles. The van der Waals surface area contributed by atoms with E-state index in [0.717, 1.165) is 12.8 Å². The lowest BCUT2D eigenvalue weighted by Gasteiger charge is -2.38. The zero-order valence-corrected chi connectivity index (χ0v) is 21.5. The molecule has 1 aromatic carbocycles. The number of ether oxygens (including phenoxy) is 1. The number of rotatable bonds is 10. The SMILES string of the molecule is CC1=C(C(=O)OC(C)C)C(c2cccc([N+](=O)[O-])c2)N(CCCN(C)C(=O)CC2CCCC2)C(=O)N1. The fourth-order valence-electron chi connectivity index (χ4n) is 4.93. The average molecular weight is 501 g/mol. The molecule has 1 saturated carbocycles. The number of allylic oxidation sites excluding steroid dienone is 1. The first-order valence-electron chi connectivity index (χ1n) is 12.6. The van der Waals surface area contributed by atoms with Crippen molar-refractivity contribution in [2.24, 2.45) is 5.92 Å². The van der Waals surface area contributed by atoms with Crippen molar-refractivity contribution in [2.75, 3.05) is 20.1 Å². The molecule has 10 nitrogen and oxygen atoms in total. The molecular weight excluding hydrogens is 464 g/mol. The Morgan fingerprint density at radius 2 is 1.97 bits per heavy atom. The molecule has 1 aliphatic carbocycles. The van der Waals surface area contributed by atoms with Crippen molar-refractivity contribution in [3.63, 3.8) is 0 Å². The van der Waals surface area contributed by atoms with E-state index < -0.39 is 23.0 Å². The van der Waals surface area contributed by atoms with Gasteiger partial charge in [0.25, 0.3) is 5.69 Å². The summed E-state index contributed by atoms with van der Waals surface area (Å²) in [4.78, 5) is 52.8. The third-order valence-corrected chi connectivity index (χ3v) is 6.76. The van der Waals surface area contributed by atoms with E-state index >= 15 is 0 Å². The predicted molar refractivity (Wildman–Crippen MR) is 134 cm³/mol. The van der Waals surface area contributed by atoms with Gasteiger partial charge in [-0.05, 0) is 51.5 Å². The van der Waals surface area contributed by atoms with Crippen LogP contribution in [0.15, 0.2) is 35.5 Å². The highest BCUT2D eigenvalue weighted by Gasteiger charge is 2.39. The smallest absolute Gasteiger partial charge is 0.338 e. The highest BCUT2D eigenvalue weighted by Crippen LogP contribution is 2.36. The number of carbonyl (C=O) groups is 3. The molecule has 0 saturated heterocycles. The standard InChI is InChI=1S/C26H36N4O6/c1-17(2)36-25(32)23-18(3)27-26(33)29(24(23)20-11-7-12-21(16-20)30(34)35)14-8-13-28(4)22(31)15-19-9-5-6-10-19/h7,11-12,16-17,19,24H,5-6,8-10,13-15H2,1-4H3,(H,27,33). The summed E-state index contributed by atoms with van der Waals surface area (Å²) in [5.41, 5.74) is 0.890. The van der Waals surface area contributed by atoms with Gasteiger partial charge in [-0.2, -0.15) is 0 Å². The van der Waals surface area contributed by atoms with E-state index in [4.69, 9.17) is 4.74 Å². The van der Waals surface area contributed by atoms with Gasteiger partial charge in [-0.25, -0.2) is 9.59 Å². The molecule has 10 heteroatoms. The van der Waals surface area contributed by atoms with Crippen molar-refractivity contribution >= 4 is 23.6 Å². The molecule has 0 bridgehead atoms. The van der Waals surface area contributed by atoms with Crippen molar-refractivity contribution in [2.45, 2.75) is 71.4 Å². The maximum Gasteiger partial charge on any atom is 0.338 e. The van der Waals surface area contributed by atoms with Gasteiger partial charge < -0.3 is 19.9 Å². The molecule has 1 heterocycles. The van der Waals surface area contributed by atoms with Crippen LogP contribution >= 0.6 is 0 Å². The Morgan fingerprint density at radius 3 is 2.61 bits per heavy atom. The number of amides is 3. The van der Waals surface area contributed by atoms with Gasteiger partial charge in [-0.3, -0.25) is 14.9 Å². The van der Waals surface area contributed by atoms with Crippen molar-refractivity contribution in [1.29, 1.82) is 0 Å². The number of nitro groups is 1. The molecule has 1 fully saturated rings. The summed E-state index contributed by atoms with van der Waals surface area (Å²) < 4.78 is 5.45. The Morgan fingerprint density at radius 1 is 1.28 bits per heavy atom. The van der Waals surface area contributed by atoms with Crippen LogP contribution in [0.1, 0.15) is 70.9 Å². The van der Waals surface area contributed by atoms with Gasteiger partial charge in [0, 0.05) is 44.4 Å². The summed E-state index contributed by atoms with van der Waals surface area (Å²) in [7, 11) is 1.76. The molecule has 1 unspecified atom stereocenters. The van der Waals surface area contributed by atoms with Gasteiger partial charge in [-0.1, -0.05) is 25.0 Å². The Kier molecular flexibility index (Phi) is 9.06. The van der Waals surface area contributed by atoms with E-state index in [-0.39, 0.29) is 29.8 Å². The largest absolute Gasteiger partial charge is 0.459 e. The maximum absolute atomic E-state index is 13.1. The minimum absolute atomic E-state index is 0.0946. The molecule has 0 aromatic heterocycles. The lowest BCUT2D eigenvalue weighted by Crippen LogP contribution is -2.49. The second-order valence-electron chi connectivity index (χ2n) is 9.89. The molecule has 2 aliphatic rings. The first kappa shape index (κ1) is 27.2. The second kappa shape index (κ2) is 12.0. The van der Waals surface area contributed by atoms with Crippen molar-refractivity contribution in [1.82, 2.24) is 15.1 Å². The van der Waals surface area contributed by atoms with E-state index in [1.807, 2.05) is 0 Å². The van der Waals surface area contributed by atoms with E-state index in [2.05, 4.69) is 5.32 Å². The molecule has 0 radical (unpaired) electrons. The maximum atomic E-state index is 13.1. The van der Waals surface area contributed by atoms with Crippen LogP contribution in [0.4, 0.5) is 10.5 Å². The quantitative estimate of drug-likeness (QED) is 0.290. The Hall–Kier alpha value is -3.43. The van der Waals surface area contributed by atoms with Crippen molar-refractivity contribution in [3.8, 4) is 0 Å². The fourth-order valence-corrected chi connectivity index (χ4v) is 4.93. The number of hydrogen-bond donors (Lipinski definition) is 1. The number of carbonyl (C=O) groups excluding carboxylic acids is 3. The number of benzene rings is 1. The highest BCUT2D eigenvalue weighted by molar-refractivity contribution is 5.95. The van der Waals surface area contributed by atoms with Gasteiger partial charge in [0.05, 0.1) is 22.6 Å². The summed E-state index contributed by atoms with van der Waals surface area (Å²) in [6.07, 6.45) is 5.20. The Balaban J connectivity index is 1.82. The monoisotopic (exact) mass is 500 g/mol. The third kappa shape index (κ3) is 6.61. The van der Waals surface area contributed by atoms with E-state index in [9.17, 15) is 24.5 Å². The lowest BCUT2D eigenvalue weighted by molar-refractivity contribution is -0.384. The van der Waals surface area contributed by atoms with Crippen molar-refractivity contribution in [3.05, 3.63) is 51.2 Å². The molecule has 0 spiro atoms. The zero-order valence-electron chi connectivity index (χ0n) is 21.5. The number of hydrogen-bond acceptors (Lipinski definition) is 6. The number of urea groups is 1. The summed E-state index contributed by atoms with van der Waals surface area (Å²) in [6, 6.07) is 4.67. The molecule has 1 aromatic rings. The van der Waals surface area contributed by atoms with E-state index in [1.165, 1.54) is 35.9 Å². The van der Waals surface area contributed by atoms with Crippen LogP contribution in [0, 0.1) is 16.0 Å². The van der Waals surface area contributed by atoms with Crippen LogP contribution in [-0.2, 0) is 14.3 Å². The number of nitrogens with zero attached hydrogens (tertiary/aromatic N) is 3. The minimum atomic E-state index is -0.857. The van der Waals surface area contributed by atoms with Gasteiger partial charge in [-0.15, -0.1) is 0 Å². The fraction of sp³-hybridized carbons (Fsp3) is 0.577. The summed E-state index contributed by atoms with van der Waals surface area (Å²) in [6.45, 7) is 5.77. The summed E-state index contributed by atoms with van der Waals surface area (Å²) >= 11 is 0. The first-order chi connectivity index (χ1) is 17.1. The number of nitro benzene ring substituents is 1. The number of nitrogens with one attached hydrogen (secondary N) is 1. The van der Waals surface area contributed by atoms with Crippen LogP contribution in [0.25, 0.3) is 0 Å². The molecule has 1 atom stereocenters. The molecular formula is C26H36N4O6. The van der Waals surface area contributed by atoms with Gasteiger partial charge >= 0.3 is 12.0 Å². The topological polar surface area (TPSA) is 122 Å². The van der Waals surface area contributed by atoms with Gasteiger partial charge in [0.15, 0.2) is 0 Å². The third-order valence-electron chi connectivity index (χ3n) is 6.76. The average Bonchev–Trinajstić information content (AvgIpc) is 3.32. The second-order valence-corrected chi connectivity index (χ2v) is 9.89. The number of non-ortho nitro benzene ring substituents is 1.